The van der Waals surface area contributed by atoms with Crippen LogP contribution >= 0.6 is 0 Å². The SMILES string of the molecule is CCC(N)n1c(-c2ccccc2)nc(CO)c1CO. The first-order valence-corrected chi connectivity index (χ1v) is 6.35. The molecule has 1 atom stereocenters. The average molecular weight is 261 g/mol. The normalized spacial score (nSPS) is 12.6. The minimum Gasteiger partial charge on any atom is -0.390 e. The van der Waals surface area contributed by atoms with E-state index in [0.717, 1.165) is 5.56 Å². The van der Waals surface area contributed by atoms with E-state index in [1.165, 1.54) is 0 Å². The summed E-state index contributed by atoms with van der Waals surface area (Å²) in [6.45, 7) is 1.57. The zero-order chi connectivity index (χ0) is 13.8. The Kier molecular flexibility index (Phi) is 4.31. The summed E-state index contributed by atoms with van der Waals surface area (Å²) in [4.78, 5) is 4.41. The molecule has 0 saturated heterocycles. The molecule has 19 heavy (non-hydrogen) atoms. The van der Waals surface area contributed by atoms with Gasteiger partial charge in [-0.3, -0.25) is 0 Å². The lowest BCUT2D eigenvalue weighted by Crippen LogP contribution is -2.21. The van der Waals surface area contributed by atoms with Crippen molar-refractivity contribution < 1.29 is 10.2 Å². The van der Waals surface area contributed by atoms with Crippen molar-refractivity contribution in [1.29, 1.82) is 0 Å². The second-order valence-corrected chi connectivity index (χ2v) is 4.36. The maximum absolute atomic E-state index is 9.51. The Morgan fingerprint density at radius 3 is 2.42 bits per heavy atom. The summed E-state index contributed by atoms with van der Waals surface area (Å²) in [7, 11) is 0. The Balaban J connectivity index is 2.63. The molecule has 0 radical (unpaired) electrons. The van der Waals surface area contributed by atoms with E-state index < -0.39 is 0 Å². The smallest absolute Gasteiger partial charge is 0.141 e. The highest BCUT2D eigenvalue weighted by Gasteiger charge is 2.20. The second kappa shape index (κ2) is 5.97. The molecule has 0 aliphatic carbocycles. The van der Waals surface area contributed by atoms with Crippen LogP contribution in [0.25, 0.3) is 11.4 Å². The first-order chi connectivity index (χ1) is 9.22. The molecule has 4 N–H and O–H groups in total. The van der Waals surface area contributed by atoms with Gasteiger partial charge >= 0.3 is 0 Å². The summed E-state index contributed by atoms with van der Waals surface area (Å²) in [6, 6.07) is 9.63. The van der Waals surface area contributed by atoms with Crippen LogP contribution in [0.5, 0.6) is 0 Å². The summed E-state index contributed by atoms with van der Waals surface area (Å²) in [5, 5.41) is 18.9. The Morgan fingerprint density at radius 2 is 1.89 bits per heavy atom. The number of nitrogens with zero attached hydrogens (tertiary/aromatic N) is 2. The van der Waals surface area contributed by atoms with Crippen LogP contribution in [-0.2, 0) is 13.2 Å². The number of benzene rings is 1. The van der Waals surface area contributed by atoms with Gasteiger partial charge in [0.25, 0.3) is 0 Å². The van der Waals surface area contributed by atoms with Crippen LogP contribution in [0.4, 0.5) is 0 Å². The van der Waals surface area contributed by atoms with Gasteiger partial charge in [-0.1, -0.05) is 37.3 Å². The van der Waals surface area contributed by atoms with Crippen LogP contribution < -0.4 is 5.73 Å². The summed E-state index contributed by atoms with van der Waals surface area (Å²) in [5.74, 6) is 0.683. The molecule has 0 fully saturated rings. The van der Waals surface area contributed by atoms with Crippen molar-refractivity contribution in [2.75, 3.05) is 0 Å². The Labute approximate surface area is 112 Å². The molecule has 0 aliphatic heterocycles. The van der Waals surface area contributed by atoms with Crippen LogP contribution in [0.1, 0.15) is 30.9 Å². The van der Waals surface area contributed by atoms with Crippen LogP contribution in [-0.4, -0.2) is 19.8 Å². The Hall–Kier alpha value is -1.69. The lowest BCUT2D eigenvalue weighted by atomic mass is 10.2. The van der Waals surface area contributed by atoms with Gasteiger partial charge in [0.15, 0.2) is 0 Å². The number of aliphatic hydroxyl groups excluding tert-OH is 2. The maximum Gasteiger partial charge on any atom is 0.141 e. The van der Waals surface area contributed by atoms with Crippen molar-refractivity contribution in [2.24, 2.45) is 5.73 Å². The molecule has 0 amide bonds. The molecule has 1 aromatic heterocycles. The Bertz CT molecular complexity index is 537. The van der Waals surface area contributed by atoms with Gasteiger partial charge in [0.2, 0.25) is 0 Å². The molecule has 1 heterocycles. The van der Waals surface area contributed by atoms with Crippen molar-refractivity contribution >= 4 is 0 Å². The monoisotopic (exact) mass is 261 g/mol. The summed E-state index contributed by atoms with van der Waals surface area (Å²) < 4.78 is 1.81. The van der Waals surface area contributed by atoms with Gasteiger partial charge in [0.05, 0.1) is 30.8 Å². The van der Waals surface area contributed by atoms with Gasteiger partial charge in [-0.2, -0.15) is 0 Å². The third-order valence-electron chi connectivity index (χ3n) is 3.17. The summed E-state index contributed by atoms with van der Waals surface area (Å²) >= 11 is 0. The Morgan fingerprint density at radius 1 is 1.21 bits per heavy atom. The molecule has 0 bridgehead atoms. The average Bonchev–Trinajstić information content (AvgIpc) is 2.85. The van der Waals surface area contributed by atoms with Crippen LogP contribution in [0, 0.1) is 0 Å². The van der Waals surface area contributed by atoms with E-state index in [1.54, 1.807) is 4.57 Å². The highest BCUT2D eigenvalue weighted by atomic mass is 16.3. The molecule has 0 aliphatic rings. The van der Waals surface area contributed by atoms with E-state index in [2.05, 4.69) is 4.98 Å². The van der Waals surface area contributed by atoms with Crippen LogP contribution in [0.15, 0.2) is 30.3 Å². The molecule has 2 rings (SSSR count). The van der Waals surface area contributed by atoms with Gasteiger partial charge in [-0.25, -0.2) is 4.98 Å². The van der Waals surface area contributed by atoms with Crippen molar-refractivity contribution in [3.8, 4) is 11.4 Å². The fourth-order valence-electron chi connectivity index (χ4n) is 2.14. The van der Waals surface area contributed by atoms with E-state index in [9.17, 15) is 10.2 Å². The van der Waals surface area contributed by atoms with Crippen molar-refractivity contribution in [2.45, 2.75) is 32.7 Å². The van der Waals surface area contributed by atoms with Gasteiger partial charge < -0.3 is 20.5 Å². The van der Waals surface area contributed by atoms with Crippen molar-refractivity contribution in [3.05, 3.63) is 41.7 Å². The molecule has 5 nitrogen and oxygen atoms in total. The molecular weight excluding hydrogens is 242 g/mol. The zero-order valence-electron chi connectivity index (χ0n) is 11.0. The number of hydrogen-bond acceptors (Lipinski definition) is 4. The minimum atomic E-state index is -0.273. The molecule has 0 spiro atoms. The first-order valence-electron chi connectivity index (χ1n) is 6.35. The topological polar surface area (TPSA) is 84.3 Å². The quantitative estimate of drug-likeness (QED) is 0.759. The summed E-state index contributed by atoms with van der Waals surface area (Å²) in [5.41, 5.74) is 8.08. The molecule has 5 heteroatoms. The molecule has 1 unspecified atom stereocenters. The van der Waals surface area contributed by atoms with Gasteiger partial charge in [0, 0.05) is 5.56 Å². The number of hydrogen-bond donors (Lipinski definition) is 3. The third-order valence-corrected chi connectivity index (χ3v) is 3.17. The molecule has 0 saturated carbocycles. The number of rotatable bonds is 5. The predicted octanol–water partition coefficient (Wildman–Crippen LogP) is 1.40. The number of nitrogens with two attached hydrogens (primary N) is 1. The van der Waals surface area contributed by atoms with Gasteiger partial charge in [-0.05, 0) is 6.42 Å². The van der Waals surface area contributed by atoms with Crippen LogP contribution in [0.2, 0.25) is 0 Å². The van der Waals surface area contributed by atoms with E-state index in [4.69, 9.17) is 5.73 Å². The third kappa shape index (κ3) is 2.53. The summed E-state index contributed by atoms with van der Waals surface area (Å²) in [6.07, 6.45) is 0.443. The number of aliphatic hydroxyl groups is 2. The fourth-order valence-corrected chi connectivity index (χ4v) is 2.14. The van der Waals surface area contributed by atoms with Crippen molar-refractivity contribution in [3.63, 3.8) is 0 Å². The fraction of sp³-hybridized carbons (Fsp3) is 0.357. The molecular formula is C14H19N3O2. The highest BCUT2D eigenvalue weighted by molar-refractivity contribution is 5.57. The van der Waals surface area contributed by atoms with E-state index in [1.807, 2.05) is 37.3 Å². The van der Waals surface area contributed by atoms with Gasteiger partial charge in [-0.15, -0.1) is 0 Å². The van der Waals surface area contributed by atoms with E-state index in [-0.39, 0.29) is 19.4 Å². The lowest BCUT2D eigenvalue weighted by molar-refractivity contribution is 0.247. The highest BCUT2D eigenvalue weighted by Crippen LogP contribution is 2.26. The first kappa shape index (κ1) is 13.7. The maximum atomic E-state index is 9.51. The second-order valence-electron chi connectivity index (χ2n) is 4.36. The number of aromatic nitrogens is 2. The molecule has 2 aromatic rings. The lowest BCUT2D eigenvalue weighted by Gasteiger charge is -2.17. The zero-order valence-corrected chi connectivity index (χ0v) is 11.0. The minimum absolute atomic E-state index is 0.191. The molecule has 102 valence electrons. The van der Waals surface area contributed by atoms with Crippen molar-refractivity contribution in [1.82, 2.24) is 9.55 Å². The van der Waals surface area contributed by atoms with Gasteiger partial charge in [0.1, 0.15) is 5.82 Å². The predicted molar refractivity (Wildman–Crippen MR) is 73.0 cm³/mol. The molecule has 1 aromatic carbocycles. The largest absolute Gasteiger partial charge is 0.390 e. The van der Waals surface area contributed by atoms with Crippen LogP contribution in [0.3, 0.4) is 0 Å². The van der Waals surface area contributed by atoms with E-state index >= 15 is 0 Å². The standard InChI is InChI=1S/C14H19N3O2/c1-2-13(15)17-12(9-19)11(8-18)16-14(17)10-6-4-3-5-7-10/h3-7,13,18-19H,2,8-9,15H2,1H3. The van der Waals surface area contributed by atoms with E-state index in [0.29, 0.717) is 23.6 Å². The number of imidazole rings is 1.